The Hall–Kier alpha value is -1.46. The molecular formula is C14H26N2O4. The van der Waals surface area contributed by atoms with E-state index in [0.717, 1.165) is 44.9 Å². The van der Waals surface area contributed by atoms with Crippen LogP contribution in [0.15, 0.2) is 0 Å². The predicted molar refractivity (Wildman–Crippen MR) is 75.6 cm³/mol. The number of primary amides is 1. The monoisotopic (exact) mass is 286 g/mol. The zero-order valence-corrected chi connectivity index (χ0v) is 12.4. The van der Waals surface area contributed by atoms with Gasteiger partial charge in [-0.1, -0.05) is 6.42 Å². The van der Waals surface area contributed by atoms with Gasteiger partial charge >= 0.3 is 12.2 Å². The average Bonchev–Trinajstić information content (AvgIpc) is 2.26. The molecule has 0 bridgehead atoms. The molecule has 6 heteroatoms. The van der Waals surface area contributed by atoms with Gasteiger partial charge in [0.05, 0.1) is 0 Å². The van der Waals surface area contributed by atoms with Gasteiger partial charge in [0.1, 0.15) is 5.60 Å². The van der Waals surface area contributed by atoms with E-state index in [2.05, 4.69) is 5.32 Å². The Kier molecular flexibility index (Phi) is 5.65. The standard InChI is InChI=1S/C8H15NO2.C6H11NO2/c1-8(11-7(9)10)5-3-2-4-6-8;1-6(3-2-4-6)7-5(8)9/h2-6H2,1H3,(H2,9,10);7H,2-4H2,1H3,(H,8,9). The normalized spacial score (nSPS) is 22.5. The molecule has 20 heavy (non-hydrogen) atoms. The summed E-state index contributed by atoms with van der Waals surface area (Å²) in [5.74, 6) is 0. The number of amides is 2. The van der Waals surface area contributed by atoms with Crippen LogP contribution in [0.1, 0.15) is 65.2 Å². The van der Waals surface area contributed by atoms with Crippen LogP contribution in [0.5, 0.6) is 0 Å². The van der Waals surface area contributed by atoms with Gasteiger partial charge in [-0.3, -0.25) is 0 Å². The van der Waals surface area contributed by atoms with E-state index in [1.54, 1.807) is 0 Å². The van der Waals surface area contributed by atoms with Crippen molar-refractivity contribution in [1.82, 2.24) is 5.32 Å². The Bertz CT molecular complexity index is 347. The number of nitrogens with one attached hydrogen (secondary N) is 1. The Morgan fingerprint density at radius 1 is 1.05 bits per heavy atom. The summed E-state index contributed by atoms with van der Waals surface area (Å²) < 4.78 is 5.02. The molecule has 0 spiro atoms. The molecule has 4 N–H and O–H groups in total. The topological polar surface area (TPSA) is 102 Å². The molecule has 2 fully saturated rings. The smallest absolute Gasteiger partial charge is 0.405 e. The highest BCUT2D eigenvalue weighted by atomic mass is 16.6. The molecule has 2 aliphatic rings. The van der Waals surface area contributed by atoms with Crippen LogP contribution in [0, 0.1) is 0 Å². The van der Waals surface area contributed by atoms with Gasteiger partial charge in [-0.2, -0.15) is 0 Å². The Morgan fingerprint density at radius 2 is 1.60 bits per heavy atom. The third kappa shape index (κ3) is 5.67. The Balaban J connectivity index is 0.000000204. The molecule has 0 atom stereocenters. The third-order valence-electron chi connectivity index (χ3n) is 4.12. The van der Waals surface area contributed by atoms with E-state index in [0.29, 0.717) is 0 Å². The number of hydrogen-bond acceptors (Lipinski definition) is 3. The fraction of sp³-hybridized carbons (Fsp3) is 0.857. The summed E-state index contributed by atoms with van der Waals surface area (Å²) in [6.07, 6.45) is 7.01. The SMILES string of the molecule is CC1(NC(=O)O)CCC1.CC1(OC(N)=O)CCCCC1. The lowest BCUT2D eigenvalue weighted by Gasteiger charge is -2.37. The quantitative estimate of drug-likeness (QED) is 0.726. The van der Waals surface area contributed by atoms with Crippen molar-refractivity contribution in [3.8, 4) is 0 Å². The van der Waals surface area contributed by atoms with Crippen LogP contribution in [0.2, 0.25) is 0 Å². The van der Waals surface area contributed by atoms with Gasteiger partial charge in [0.25, 0.3) is 0 Å². The molecule has 116 valence electrons. The van der Waals surface area contributed by atoms with Crippen LogP contribution in [0.4, 0.5) is 9.59 Å². The second kappa shape index (κ2) is 6.81. The first-order valence-corrected chi connectivity index (χ1v) is 7.24. The van der Waals surface area contributed by atoms with Crippen LogP contribution >= 0.6 is 0 Å². The summed E-state index contributed by atoms with van der Waals surface area (Å²) in [7, 11) is 0. The third-order valence-corrected chi connectivity index (χ3v) is 4.12. The molecule has 0 unspecified atom stereocenters. The second-order valence-electron chi connectivity index (χ2n) is 6.28. The average molecular weight is 286 g/mol. The summed E-state index contributed by atoms with van der Waals surface area (Å²) in [6, 6.07) is 0. The first kappa shape index (κ1) is 16.6. The zero-order chi connectivity index (χ0) is 15.2. The van der Waals surface area contributed by atoms with Crippen LogP contribution in [0.25, 0.3) is 0 Å². The number of carbonyl (C=O) groups is 2. The van der Waals surface area contributed by atoms with E-state index in [9.17, 15) is 9.59 Å². The molecule has 0 saturated heterocycles. The van der Waals surface area contributed by atoms with Gasteiger partial charge in [-0.15, -0.1) is 0 Å². The molecule has 2 rings (SSSR count). The summed E-state index contributed by atoms with van der Waals surface area (Å²) in [5.41, 5.74) is 4.57. The molecule has 0 aliphatic heterocycles. The summed E-state index contributed by atoms with van der Waals surface area (Å²) >= 11 is 0. The lowest BCUT2D eigenvalue weighted by molar-refractivity contribution is 0.00303. The van der Waals surface area contributed by atoms with Crippen molar-refractivity contribution in [2.75, 3.05) is 0 Å². The van der Waals surface area contributed by atoms with Gasteiger partial charge in [-0.25, -0.2) is 9.59 Å². The number of carboxylic acid groups (broad SMARTS) is 1. The minimum Gasteiger partial charge on any atom is -0.465 e. The fourth-order valence-electron chi connectivity index (χ4n) is 2.73. The minimum atomic E-state index is -0.905. The molecule has 0 aromatic carbocycles. The minimum absolute atomic E-state index is 0.105. The van der Waals surface area contributed by atoms with Crippen molar-refractivity contribution in [1.29, 1.82) is 0 Å². The highest BCUT2D eigenvalue weighted by molar-refractivity contribution is 5.65. The molecular weight excluding hydrogens is 260 g/mol. The van der Waals surface area contributed by atoms with E-state index in [-0.39, 0.29) is 11.1 Å². The maximum atomic E-state index is 10.5. The largest absolute Gasteiger partial charge is 0.465 e. The Labute approximate surface area is 120 Å². The van der Waals surface area contributed by atoms with Crippen LogP contribution in [-0.2, 0) is 4.74 Å². The van der Waals surface area contributed by atoms with E-state index in [1.165, 1.54) is 6.42 Å². The van der Waals surface area contributed by atoms with Crippen molar-refractivity contribution in [3.05, 3.63) is 0 Å². The molecule has 2 aliphatic carbocycles. The van der Waals surface area contributed by atoms with E-state index < -0.39 is 12.2 Å². The van der Waals surface area contributed by atoms with Gasteiger partial charge in [0, 0.05) is 5.54 Å². The molecule has 0 aromatic heterocycles. The summed E-state index contributed by atoms with van der Waals surface area (Å²) in [4.78, 5) is 20.6. The second-order valence-corrected chi connectivity index (χ2v) is 6.28. The highest BCUT2D eigenvalue weighted by Crippen LogP contribution is 2.31. The van der Waals surface area contributed by atoms with Crippen molar-refractivity contribution in [2.45, 2.75) is 76.4 Å². The van der Waals surface area contributed by atoms with Crippen molar-refractivity contribution >= 4 is 12.2 Å². The maximum absolute atomic E-state index is 10.5. The molecule has 6 nitrogen and oxygen atoms in total. The first-order chi connectivity index (χ1) is 9.25. The lowest BCUT2D eigenvalue weighted by atomic mass is 9.79. The number of hydrogen-bond donors (Lipinski definition) is 3. The number of ether oxygens (including phenoxy) is 1. The number of nitrogens with two attached hydrogens (primary N) is 1. The molecule has 0 radical (unpaired) electrons. The van der Waals surface area contributed by atoms with Crippen molar-refractivity contribution in [3.63, 3.8) is 0 Å². The van der Waals surface area contributed by atoms with E-state index >= 15 is 0 Å². The molecule has 2 saturated carbocycles. The number of carbonyl (C=O) groups excluding carboxylic acids is 1. The predicted octanol–water partition coefficient (Wildman–Crippen LogP) is 3.00. The maximum Gasteiger partial charge on any atom is 0.405 e. The van der Waals surface area contributed by atoms with Gasteiger partial charge in [-0.05, 0) is 58.8 Å². The van der Waals surface area contributed by atoms with E-state index in [1.807, 2.05) is 13.8 Å². The lowest BCUT2D eigenvalue weighted by Crippen LogP contribution is -2.50. The highest BCUT2D eigenvalue weighted by Gasteiger charge is 2.33. The van der Waals surface area contributed by atoms with Gasteiger partial charge in [0.2, 0.25) is 0 Å². The molecule has 0 aromatic rings. The molecule has 0 heterocycles. The summed E-state index contributed by atoms with van der Waals surface area (Å²) in [5, 5.41) is 10.8. The van der Waals surface area contributed by atoms with Gasteiger partial charge in [0.15, 0.2) is 0 Å². The zero-order valence-electron chi connectivity index (χ0n) is 12.4. The van der Waals surface area contributed by atoms with Crippen molar-refractivity contribution < 1.29 is 19.4 Å². The summed E-state index contributed by atoms with van der Waals surface area (Å²) in [6.45, 7) is 3.89. The molecule has 2 amide bonds. The van der Waals surface area contributed by atoms with Gasteiger partial charge < -0.3 is 20.9 Å². The Morgan fingerprint density at radius 3 is 1.90 bits per heavy atom. The van der Waals surface area contributed by atoms with Crippen LogP contribution in [-0.4, -0.2) is 28.4 Å². The van der Waals surface area contributed by atoms with Crippen LogP contribution in [0.3, 0.4) is 0 Å². The van der Waals surface area contributed by atoms with Crippen molar-refractivity contribution in [2.24, 2.45) is 5.73 Å². The number of rotatable bonds is 2. The first-order valence-electron chi connectivity index (χ1n) is 7.24. The van der Waals surface area contributed by atoms with E-state index in [4.69, 9.17) is 15.6 Å². The van der Waals surface area contributed by atoms with Crippen LogP contribution < -0.4 is 11.1 Å². The fourth-order valence-corrected chi connectivity index (χ4v) is 2.73.